The number of pyridine rings is 1. The van der Waals surface area contributed by atoms with E-state index in [1.807, 2.05) is 12.1 Å². The maximum absolute atomic E-state index is 5.26. The molecule has 2 heterocycles. The summed E-state index contributed by atoms with van der Waals surface area (Å²) in [4.78, 5) is 10.2. The van der Waals surface area contributed by atoms with E-state index in [1.54, 1.807) is 24.6 Å². The molecule has 0 fully saturated rings. The van der Waals surface area contributed by atoms with Gasteiger partial charge in [0.2, 0.25) is 5.88 Å². The molecule has 0 aromatic carbocycles. The maximum atomic E-state index is 5.26. The molecular weight excluding hydrogens is 308 g/mol. The summed E-state index contributed by atoms with van der Waals surface area (Å²) in [5.74, 6) is 1.88. The van der Waals surface area contributed by atoms with Crippen molar-refractivity contribution in [2.45, 2.75) is 26.3 Å². The van der Waals surface area contributed by atoms with Crippen molar-refractivity contribution in [1.82, 2.24) is 15.6 Å². The SMILES string of the molecule is CCNC(=NCc1cccnc1OC)NCC(C)c1cccs1. The van der Waals surface area contributed by atoms with E-state index in [2.05, 4.69) is 52.0 Å². The molecule has 0 amide bonds. The Morgan fingerprint density at radius 1 is 1.35 bits per heavy atom. The summed E-state index contributed by atoms with van der Waals surface area (Å²) in [6, 6.07) is 8.13. The van der Waals surface area contributed by atoms with Crippen molar-refractivity contribution in [3.63, 3.8) is 0 Å². The zero-order valence-corrected chi connectivity index (χ0v) is 14.7. The Bertz CT molecular complexity index is 613. The van der Waals surface area contributed by atoms with Crippen LogP contribution in [-0.2, 0) is 6.54 Å². The first-order chi connectivity index (χ1) is 11.2. The van der Waals surface area contributed by atoms with Gasteiger partial charge in [-0.25, -0.2) is 9.98 Å². The van der Waals surface area contributed by atoms with Gasteiger partial charge in [0.15, 0.2) is 5.96 Å². The molecule has 0 aliphatic carbocycles. The number of nitrogens with one attached hydrogen (secondary N) is 2. The number of rotatable bonds is 7. The Hall–Kier alpha value is -2.08. The van der Waals surface area contributed by atoms with Gasteiger partial charge in [-0.05, 0) is 24.4 Å². The Kier molecular flexibility index (Phi) is 6.87. The van der Waals surface area contributed by atoms with E-state index in [0.717, 1.165) is 24.6 Å². The smallest absolute Gasteiger partial charge is 0.218 e. The van der Waals surface area contributed by atoms with Crippen LogP contribution in [0.5, 0.6) is 5.88 Å². The summed E-state index contributed by atoms with van der Waals surface area (Å²) in [6.45, 7) is 6.47. The van der Waals surface area contributed by atoms with E-state index in [1.165, 1.54) is 4.88 Å². The number of aliphatic imine (C=N–C) groups is 1. The zero-order valence-electron chi connectivity index (χ0n) is 13.9. The van der Waals surface area contributed by atoms with Gasteiger partial charge in [0.05, 0.1) is 13.7 Å². The highest BCUT2D eigenvalue weighted by atomic mass is 32.1. The van der Waals surface area contributed by atoms with Crippen LogP contribution in [0.4, 0.5) is 0 Å². The molecule has 23 heavy (non-hydrogen) atoms. The topological polar surface area (TPSA) is 58.5 Å². The predicted octanol–water partition coefficient (Wildman–Crippen LogP) is 3.01. The second-order valence-corrected chi connectivity index (χ2v) is 6.14. The first-order valence-corrected chi connectivity index (χ1v) is 8.66. The number of aromatic nitrogens is 1. The highest BCUT2D eigenvalue weighted by Gasteiger charge is 2.08. The molecule has 0 saturated heterocycles. The lowest BCUT2D eigenvalue weighted by molar-refractivity contribution is 0.392. The number of guanidine groups is 1. The zero-order chi connectivity index (χ0) is 16.5. The minimum atomic E-state index is 0.451. The Labute approximate surface area is 141 Å². The number of hydrogen-bond acceptors (Lipinski definition) is 4. The van der Waals surface area contributed by atoms with Crippen LogP contribution in [0.15, 0.2) is 40.8 Å². The molecule has 0 aliphatic heterocycles. The van der Waals surface area contributed by atoms with Crippen molar-refractivity contribution in [3.8, 4) is 5.88 Å². The van der Waals surface area contributed by atoms with Crippen molar-refractivity contribution < 1.29 is 4.74 Å². The van der Waals surface area contributed by atoms with Crippen LogP contribution in [0.1, 0.15) is 30.2 Å². The van der Waals surface area contributed by atoms with Gasteiger partial charge in [-0.1, -0.05) is 19.1 Å². The maximum Gasteiger partial charge on any atom is 0.218 e. The number of methoxy groups -OCH3 is 1. The Morgan fingerprint density at radius 2 is 2.22 bits per heavy atom. The van der Waals surface area contributed by atoms with Crippen molar-refractivity contribution in [2.75, 3.05) is 20.2 Å². The third-order valence-corrected chi connectivity index (χ3v) is 4.50. The third kappa shape index (κ3) is 5.25. The van der Waals surface area contributed by atoms with Crippen molar-refractivity contribution >= 4 is 17.3 Å². The van der Waals surface area contributed by atoms with E-state index in [4.69, 9.17) is 4.74 Å². The second kappa shape index (κ2) is 9.15. The Morgan fingerprint density at radius 3 is 2.91 bits per heavy atom. The monoisotopic (exact) mass is 332 g/mol. The molecule has 2 aromatic heterocycles. The third-order valence-electron chi connectivity index (χ3n) is 3.40. The van der Waals surface area contributed by atoms with Gasteiger partial charge in [-0.3, -0.25) is 0 Å². The molecule has 0 aliphatic rings. The van der Waals surface area contributed by atoms with Crippen LogP contribution < -0.4 is 15.4 Å². The lowest BCUT2D eigenvalue weighted by Crippen LogP contribution is -2.39. The molecule has 1 atom stereocenters. The van der Waals surface area contributed by atoms with Crippen LogP contribution in [0.25, 0.3) is 0 Å². The summed E-state index contributed by atoms with van der Waals surface area (Å²) >= 11 is 1.79. The quantitative estimate of drug-likeness (QED) is 0.604. The Balaban J connectivity index is 1.97. The lowest BCUT2D eigenvalue weighted by Gasteiger charge is -2.15. The predicted molar refractivity (Wildman–Crippen MR) is 96.3 cm³/mol. The lowest BCUT2D eigenvalue weighted by atomic mass is 10.1. The first kappa shape index (κ1) is 17.3. The van der Waals surface area contributed by atoms with Crippen molar-refractivity contribution in [1.29, 1.82) is 0 Å². The summed E-state index contributed by atoms with van der Waals surface area (Å²) < 4.78 is 5.26. The molecule has 2 N–H and O–H groups in total. The van der Waals surface area contributed by atoms with Crippen LogP contribution in [0.3, 0.4) is 0 Å². The molecular formula is C17H24N4OS. The van der Waals surface area contributed by atoms with Gasteiger partial charge >= 0.3 is 0 Å². The van der Waals surface area contributed by atoms with Crippen LogP contribution in [0.2, 0.25) is 0 Å². The van der Waals surface area contributed by atoms with Gasteiger partial charge in [0, 0.05) is 35.6 Å². The van der Waals surface area contributed by atoms with Crippen LogP contribution in [0, 0.1) is 0 Å². The minimum Gasteiger partial charge on any atom is -0.481 e. The summed E-state index contributed by atoms with van der Waals surface area (Å²) in [5.41, 5.74) is 0.971. The molecule has 0 radical (unpaired) electrons. The highest BCUT2D eigenvalue weighted by molar-refractivity contribution is 7.10. The standard InChI is InChI=1S/C17H24N4OS/c1-4-18-17(20-11-13(2)15-8-6-10-23-15)21-12-14-7-5-9-19-16(14)22-3/h5-10,13H,4,11-12H2,1-3H3,(H2,18,20,21). The fourth-order valence-electron chi connectivity index (χ4n) is 2.16. The second-order valence-electron chi connectivity index (χ2n) is 5.16. The van der Waals surface area contributed by atoms with Gasteiger partial charge in [0.25, 0.3) is 0 Å². The van der Waals surface area contributed by atoms with E-state index >= 15 is 0 Å². The van der Waals surface area contributed by atoms with E-state index in [9.17, 15) is 0 Å². The number of thiophene rings is 1. The van der Waals surface area contributed by atoms with Crippen LogP contribution >= 0.6 is 11.3 Å². The number of hydrogen-bond donors (Lipinski definition) is 2. The minimum absolute atomic E-state index is 0.451. The molecule has 2 rings (SSSR count). The van der Waals surface area contributed by atoms with Gasteiger partial charge in [-0.15, -0.1) is 11.3 Å². The summed E-state index contributed by atoms with van der Waals surface area (Å²) in [6.07, 6.45) is 1.72. The van der Waals surface area contributed by atoms with E-state index < -0.39 is 0 Å². The molecule has 2 aromatic rings. The van der Waals surface area contributed by atoms with Gasteiger partial charge < -0.3 is 15.4 Å². The molecule has 0 spiro atoms. The number of nitrogens with zero attached hydrogens (tertiary/aromatic N) is 2. The molecule has 0 saturated carbocycles. The molecule has 6 heteroatoms. The van der Waals surface area contributed by atoms with Crippen molar-refractivity contribution in [3.05, 3.63) is 46.3 Å². The van der Waals surface area contributed by atoms with Gasteiger partial charge in [-0.2, -0.15) is 0 Å². The van der Waals surface area contributed by atoms with E-state index in [-0.39, 0.29) is 0 Å². The average Bonchev–Trinajstić information content (AvgIpc) is 3.12. The molecule has 124 valence electrons. The van der Waals surface area contributed by atoms with Gasteiger partial charge in [0.1, 0.15) is 0 Å². The van der Waals surface area contributed by atoms with Crippen molar-refractivity contribution in [2.24, 2.45) is 4.99 Å². The first-order valence-electron chi connectivity index (χ1n) is 7.78. The normalized spacial score (nSPS) is 12.7. The molecule has 5 nitrogen and oxygen atoms in total. The average molecular weight is 332 g/mol. The summed E-state index contributed by atoms with van der Waals surface area (Å²) in [5, 5.41) is 8.78. The fourth-order valence-corrected chi connectivity index (χ4v) is 2.94. The number of ether oxygens (including phenoxy) is 1. The highest BCUT2D eigenvalue weighted by Crippen LogP contribution is 2.19. The largest absolute Gasteiger partial charge is 0.481 e. The molecule has 0 bridgehead atoms. The van der Waals surface area contributed by atoms with Crippen LogP contribution in [-0.4, -0.2) is 31.1 Å². The molecule has 1 unspecified atom stereocenters. The van der Waals surface area contributed by atoms with E-state index in [0.29, 0.717) is 18.3 Å². The fraction of sp³-hybridized carbons (Fsp3) is 0.412. The summed E-state index contributed by atoms with van der Waals surface area (Å²) in [7, 11) is 1.63.